The first-order valence-electron chi connectivity index (χ1n) is 6.31. The second-order valence-corrected chi connectivity index (χ2v) is 4.74. The van der Waals surface area contributed by atoms with Crippen molar-refractivity contribution >= 4 is 13.0 Å². The van der Waals surface area contributed by atoms with Crippen molar-refractivity contribution in [2.75, 3.05) is 26.2 Å². The Morgan fingerprint density at radius 3 is 2.59 bits per heavy atom. The molecule has 2 heterocycles. The Morgan fingerprint density at radius 2 is 1.94 bits per heavy atom. The largest absolute Gasteiger partial charge is 0.552 e. The highest BCUT2D eigenvalue weighted by Crippen LogP contribution is 2.17. The standard InChI is InChI=1S/C10H20BN3O3/c15-10(8-12-13-5-1-2-6-13)9-4-3-7-14(9)11(16)17/h9,12,16-17H,1-8H2. The lowest BCUT2D eigenvalue weighted by atomic mass is 10.0. The maximum Gasteiger partial charge on any atom is 0.552 e. The Labute approximate surface area is 102 Å². The van der Waals surface area contributed by atoms with Gasteiger partial charge < -0.3 is 10.0 Å². The third-order valence-corrected chi connectivity index (χ3v) is 3.55. The number of ketones is 1. The average molecular weight is 241 g/mol. The maximum atomic E-state index is 12.0. The van der Waals surface area contributed by atoms with Gasteiger partial charge in [0.1, 0.15) is 0 Å². The maximum absolute atomic E-state index is 12.0. The summed E-state index contributed by atoms with van der Waals surface area (Å²) in [7, 11) is -1.52. The minimum atomic E-state index is -1.52. The molecule has 2 aliphatic rings. The summed E-state index contributed by atoms with van der Waals surface area (Å²) in [5.74, 6) is 0.0440. The van der Waals surface area contributed by atoms with Crippen molar-refractivity contribution in [2.24, 2.45) is 0 Å². The molecule has 0 bridgehead atoms. The van der Waals surface area contributed by atoms with Crippen LogP contribution in [0.5, 0.6) is 0 Å². The van der Waals surface area contributed by atoms with Crippen molar-refractivity contribution in [1.82, 2.24) is 15.2 Å². The van der Waals surface area contributed by atoms with Crippen molar-refractivity contribution in [2.45, 2.75) is 31.7 Å². The molecule has 1 atom stereocenters. The van der Waals surface area contributed by atoms with Crippen LogP contribution in [0.15, 0.2) is 0 Å². The highest BCUT2D eigenvalue weighted by molar-refractivity contribution is 6.38. The number of rotatable bonds is 5. The summed E-state index contributed by atoms with van der Waals surface area (Å²) >= 11 is 0. The zero-order chi connectivity index (χ0) is 12.3. The summed E-state index contributed by atoms with van der Waals surface area (Å²) in [4.78, 5) is 13.4. The van der Waals surface area contributed by atoms with E-state index in [-0.39, 0.29) is 18.4 Å². The Balaban J connectivity index is 1.78. The van der Waals surface area contributed by atoms with Gasteiger partial charge in [-0.3, -0.25) is 9.61 Å². The Kier molecular flexibility index (Phi) is 4.52. The number of carbonyl (C=O) groups is 1. The minimum Gasteiger partial charge on any atom is -0.413 e. The van der Waals surface area contributed by atoms with Crippen LogP contribution in [0.3, 0.4) is 0 Å². The molecule has 6 nitrogen and oxygen atoms in total. The lowest BCUT2D eigenvalue weighted by Gasteiger charge is -2.23. The van der Waals surface area contributed by atoms with Crippen molar-refractivity contribution in [3.05, 3.63) is 0 Å². The van der Waals surface area contributed by atoms with Gasteiger partial charge >= 0.3 is 7.25 Å². The lowest BCUT2D eigenvalue weighted by molar-refractivity contribution is -0.122. The molecule has 0 spiro atoms. The molecular weight excluding hydrogens is 221 g/mol. The normalized spacial score (nSPS) is 26.6. The summed E-state index contributed by atoms with van der Waals surface area (Å²) in [5.41, 5.74) is 3.11. The third kappa shape index (κ3) is 3.26. The van der Waals surface area contributed by atoms with E-state index in [0.717, 1.165) is 25.9 Å². The second-order valence-electron chi connectivity index (χ2n) is 4.74. The summed E-state index contributed by atoms with van der Waals surface area (Å²) in [5, 5.41) is 20.4. The van der Waals surface area contributed by atoms with Gasteiger partial charge in [0.25, 0.3) is 0 Å². The summed E-state index contributed by atoms with van der Waals surface area (Å²) in [6.45, 7) is 2.85. The van der Waals surface area contributed by atoms with E-state index in [1.54, 1.807) is 0 Å². The fourth-order valence-electron chi connectivity index (χ4n) is 2.59. The fraction of sp³-hybridized carbons (Fsp3) is 0.900. The van der Waals surface area contributed by atoms with Crippen LogP contribution in [0.2, 0.25) is 0 Å². The van der Waals surface area contributed by atoms with Gasteiger partial charge in [-0.25, -0.2) is 10.4 Å². The molecule has 2 aliphatic heterocycles. The highest BCUT2D eigenvalue weighted by Gasteiger charge is 2.36. The van der Waals surface area contributed by atoms with Crippen LogP contribution >= 0.6 is 0 Å². The molecule has 1 unspecified atom stereocenters. The Bertz CT molecular complexity index is 272. The molecule has 96 valence electrons. The number of hydrogen-bond acceptors (Lipinski definition) is 6. The molecule has 0 aromatic heterocycles. The summed E-state index contributed by atoms with van der Waals surface area (Å²) in [6.07, 6.45) is 3.91. The van der Waals surface area contributed by atoms with Crippen LogP contribution in [-0.4, -0.2) is 65.1 Å². The Hall–Kier alpha value is -0.465. The molecular formula is C10H20BN3O3. The number of nitrogens with one attached hydrogen (secondary N) is 1. The van der Waals surface area contributed by atoms with Crippen LogP contribution < -0.4 is 5.43 Å². The quantitative estimate of drug-likeness (QED) is 0.513. The van der Waals surface area contributed by atoms with Gasteiger partial charge in [0, 0.05) is 13.1 Å². The van der Waals surface area contributed by atoms with Gasteiger partial charge in [0.15, 0.2) is 5.78 Å². The van der Waals surface area contributed by atoms with Gasteiger partial charge in [-0.05, 0) is 32.2 Å². The number of hydrogen-bond donors (Lipinski definition) is 3. The molecule has 2 fully saturated rings. The fourth-order valence-corrected chi connectivity index (χ4v) is 2.59. The third-order valence-electron chi connectivity index (χ3n) is 3.55. The van der Waals surface area contributed by atoms with Crippen LogP contribution in [-0.2, 0) is 4.79 Å². The van der Waals surface area contributed by atoms with Crippen molar-refractivity contribution in [3.63, 3.8) is 0 Å². The van der Waals surface area contributed by atoms with Crippen molar-refractivity contribution in [3.8, 4) is 0 Å². The molecule has 0 aromatic carbocycles. The van der Waals surface area contributed by atoms with E-state index in [1.807, 2.05) is 0 Å². The highest BCUT2D eigenvalue weighted by atomic mass is 16.4. The first-order chi connectivity index (χ1) is 8.18. The molecule has 0 aliphatic carbocycles. The van der Waals surface area contributed by atoms with E-state index in [0.29, 0.717) is 6.54 Å². The van der Waals surface area contributed by atoms with E-state index >= 15 is 0 Å². The van der Waals surface area contributed by atoms with Gasteiger partial charge in [-0.2, -0.15) is 0 Å². The summed E-state index contributed by atoms with van der Waals surface area (Å²) < 4.78 is 0. The molecule has 0 saturated carbocycles. The molecule has 0 aromatic rings. The molecule has 2 saturated heterocycles. The van der Waals surface area contributed by atoms with Crippen LogP contribution in [0, 0.1) is 0 Å². The first kappa shape index (κ1) is 13.0. The van der Waals surface area contributed by atoms with Crippen LogP contribution in [0.1, 0.15) is 25.7 Å². The zero-order valence-corrected chi connectivity index (χ0v) is 10.0. The smallest absolute Gasteiger partial charge is 0.413 e. The number of Topliss-reactive ketones (excluding diaryl/α,β-unsaturated/α-hetero) is 1. The van der Waals surface area contributed by atoms with E-state index in [9.17, 15) is 4.79 Å². The van der Waals surface area contributed by atoms with Crippen LogP contribution in [0.4, 0.5) is 0 Å². The molecule has 3 N–H and O–H groups in total. The zero-order valence-electron chi connectivity index (χ0n) is 10.0. The average Bonchev–Trinajstić information content (AvgIpc) is 2.96. The van der Waals surface area contributed by atoms with Gasteiger partial charge in [-0.1, -0.05) is 0 Å². The van der Waals surface area contributed by atoms with E-state index in [4.69, 9.17) is 10.0 Å². The molecule has 17 heavy (non-hydrogen) atoms. The van der Waals surface area contributed by atoms with E-state index < -0.39 is 7.25 Å². The SMILES string of the molecule is O=C(CNN1CCCC1)C1CCCN1B(O)O. The minimum absolute atomic E-state index is 0.0440. The Morgan fingerprint density at radius 1 is 1.24 bits per heavy atom. The van der Waals surface area contributed by atoms with Crippen molar-refractivity contribution in [1.29, 1.82) is 0 Å². The summed E-state index contributed by atoms with van der Waals surface area (Å²) in [6, 6.07) is -0.342. The predicted molar refractivity (Wildman–Crippen MR) is 63.7 cm³/mol. The molecule has 0 radical (unpaired) electrons. The van der Waals surface area contributed by atoms with E-state index in [2.05, 4.69) is 10.4 Å². The first-order valence-corrected chi connectivity index (χ1v) is 6.31. The second kappa shape index (κ2) is 5.93. The lowest BCUT2D eigenvalue weighted by Crippen LogP contribution is -2.50. The topological polar surface area (TPSA) is 76.0 Å². The van der Waals surface area contributed by atoms with E-state index in [1.165, 1.54) is 17.7 Å². The number of carbonyl (C=O) groups excluding carboxylic acids is 1. The molecule has 0 amide bonds. The number of hydrazine groups is 1. The number of nitrogens with zero attached hydrogens (tertiary/aromatic N) is 2. The van der Waals surface area contributed by atoms with Gasteiger partial charge in [0.2, 0.25) is 0 Å². The molecule has 2 rings (SSSR count). The van der Waals surface area contributed by atoms with Gasteiger partial charge in [-0.15, -0.1) is 0 Å². The predicted octanol–water partition coefficient (Wildman–Crippen LogP) is -1.41. The molecule has 7 heteroatoms. The van der Waals surface area contributed by atoms with Crippen molar-refractivity contribution < 1.29 is 14.8 Å². The monoisotopic (exact) mass is 241 g/mol. The van der Waals surface area contributed by atoms with Gasteiger partial charge in [0.05, 0.1) is 12.6 Å². The van der Waals surface area contributed by atoms with Crippen LogP contribution in [0.25, 0.3) is 0 Å².